The molecule has 0 bridgehead atoms. The Balaban J connectivity index is 2.46. The normalized spacial score (nSPS) is 19.5. The Morgan fingerprint density at radius 3 is 2.71 bits per heavy atom. The van der Waals surface area contributed by atoms with Crippen LogP contribution in [0.4, 0.5) is 0 Å². The molecule has 0 fully saturated rings. The molecule has 0 amide bonds. The van der Waals surface area contributed by atoms with Gasteiger partial charge in [0, 0.05) is 19.6 Å². The molecule has 4 nitrogen and oxygen atoms in total. The lowest BCUT2D eigenvalue weighted by Crippen LogP contribution is -2.29. The molecule has 76 valence electrons. The largest absolute Gasteiger partial charge is 0.329 e. The average molecular weight is 212 g/mol. The van der Waals surface area contributed by atoms with Crippen molar-refractivity contribution in [2.45, 2.75) is 11.4 Å². The van der Waals surface area contributed by atoms with Gasteiger partial charge in [0.25, 0.3) is 0 Å². The van der Waals surface area contributed by atoms with Crippen LogP contribution in [0.25, 0.3) is 0 Å². The first-order chi connectivity index (χ1) is 6.66. The van der Waals surface area contributed by atoms with Crippen LogP contribution in [0.15, 0.2) is 29.2 Å². The average Bonchev–Trinajstić information content (AvgIpc) is 2.41. The highest BCUT2D eigenvalue weighted by Crippen LogP contribution is 2.28. The molecule has 0 atom stereocenters. The van der Waals surface area contributed by atoms with Gasteiger partial charge in [-0.3, -0.25) is 0 Å². The van der Waals surface area contributed by atoms with E-state index in [0.29, 0.717) is 24.5 Å². The Hall–Kier alpha value is -0.910. The topological polar surface area (TPSA) is 63.4 Å². The summed E-state index contributed by atoms with van der Waals surface area (Å²) in [6, 6.07) is 7.06. The lowest BCUT2D eigenvalue weighted by Gasteiger charge is -2.11. The van der Waals surface area contributed by atoms with Crippen LogP contribution < -0.4 is 5.73 Å². The van der Waals surface area contributed by atoms with Gasteiger partial charge in [-0.25, -0.2) is 8.42 Å². The number of fused-ring (bicyclic) bond motifs is 1. The summed E-state index contributed by atoms with van der Waals surface area (Å²) in [5.41, 5.74) is 6.22. The molecular formula is C9H12N2O2S. The van der Waals surface area contributed by atoms with Gasteiger partial charge < -0.3 is 5.73 Å². The number of rotatable bonds is 2. The van der Waals surface area contributed by atoms with E-state index in [0.717, 1.165) is 5.56 Å². The summed E-state index contributed by atoms with van der Waals surface area (Å²) < 4.78 is 25.1. The molecule has 1 aliphatic heterocycles. The van der Waals surface area contributed by atoms with Gasteiger partial charge in [-0.1, -0.05) is 18.2 Å². The highest BCUT2D eigenvalue weighted by Gasteiger charge is 2.33. The predicted molar refractivity (Wildman–Crippen MR) is 53.1 cm³/mol. The zero-order valence-electron chi connectivity index (χ0n) is 7.68. The maximum Gasteiger partial charge on any atom is 0.243 e. The second-order valence-corrected chi connectivity index (χ2v) is 5.14. The van der Waals surface area contributed by atoms with Gasteiger partial charge in [-0.05, 0) is 11.6 Å². The van der Waals surface area contributed by atoms with Crippen molar-refractivity contribution in [1.29, 1.82) is 0 Å². The van der Waals surface area contributed by atoms with Crippen molar-refractivity contribution in [3.05, 3.63) is 29.8 Å². The Morgan fingerprint density at radius 2 is 2.07 bits per heavy atom. The highest BCUT2D eigenvalue weighted by molar-refractivity contribution is 7.89. The Morgan fingerprint density at radius 1 is 1.36 bits per heavy atom. The number of benzene rings is 1. The van der Waals surface area contributed by atoms with Crippen LogP contribution in [0, 0.1) is 0 Å². The van der Waals surface area contributed by atoms with Crippen molar-refractivity contribution in [1.82, 2.24) is 4.31 Å². The number of sulfonamides is 1. The standard InChI is InChI=1S/C9H12N2O2S/c10-5-6-11-7-8-3-1-2-4-9(8)14(11,12)13/h1-4H,5-7,10H2. The van der Waals surface area contributed by atoms with Gasteiger partial charge in [0.05, 0.1) is 4.90 Å². The van der Waals surface area contributed by atoms with Gasteiger partial charge in [-0.15, -0.1) is 0 Å². The lowest BCUT2D eigenvalue weighted by atomic mass is 10.2. The zero-order chi connectivity index (χ0) is 10.2. The van der Waals surface area contributed by atoms with E-state index >= 15 is 0 Å². The first kappa shape index (κ1) is 9.64. The Labute approximate surface area is 83.4 Å². The summed E-state index contributed by atoms with van der Waals surface area (Å²) in [7, 11) is -3.26. The van der Waals surface area contributed by atoms with E-state index in [2.05, 4.69) is 0 Å². The molecule has 2 N–H and O–H groups in total. The van der Waals surface area contributed by atoms with Crippen LogP contribution >= 0.6 is 0 Å². The molecule has 5 heteroatoms. The van der Waals surface area contributed by atoms with E-state index in [1.54, 1.807) is 12.1 Å². The summed E-state index contributed by atoms with van der Waals surface area (Å²) in [6.07, 6.45) is 0. The quantitative estimate of drug-likeness (QED) is 0.759. The van der Waals surface area contributed by atoms with E-state index < -0.39 is 10.0 Å². The summed E-state index contributed by atoms with van der Waals surface area (Å²) in [5.74, 6) is 0. The summed E-state index contributed by atoms with van der Waals surface area (Å²) in [4.78, 5) is 0.424. The van der Waals surface area contributed by atoms with E-state index in [1.165, 1.54) is 4.31 Å². The molecule has 0 aromatic heterocycles. The summed E-state index contributed by atoms with van der Waals surface area (Å²) in [6.45, 7) is 1.19. The number of hydrogen-bond donors (Lipinski definition) is 1. The van der Waals surface area contributed by atoms with Gasteiger partial charge in [0.15, 0.2) is 0 Å². The molecule has 1 heterocycles. The van der Waals surface area contributed by atoms with Gasteiger partial charge in [0.2, 0.25) is 10.0 Å². The predicted octanol–water partition coefficient (Wildman–Crippen LogP) is 0.150. The molecule has 1 aromatic rings. The molecule has 0 radical (unpaired) electrons. The number of nitrogens with zero attached hydrogens (tertiary/aromatic N) is 1. The molecule has 14 heavy (non-hydrogen) atoms. The lowest BCUT2D eigenvalue weighted by molar-refractivity contribution is 0.433. The molecule has 0 spiro atoms. The van der Waals surface area contributed by atoms with E-state index in [1.807, 2.05) is 12.1 Å². The second kappa shape index (κ2) is 3.34. The van der Waals surface area contributed by atoms with Gasteiger partial charge in [-0.2, -0.15) is 4.31 Å². The molecule has 0 saturated heterocycles. The van der Waals surface area contributed by atoms with Crippen molar-refractivity contribution >= 4 is 10.0 Å². The van der Waals surface area contributed by atoms with Crippen molar-refractivity contribution in [2.75, 3.05) is 13.1 Å². The van der Waals surface area contributed by atoms with Crippen molar-refractivity contribution in [2.24, 2.45) is 5.73 Å². The maximum atomic E-state index is 11.8. The highest BCUT2D eigenvalue weighted by atomic mass is 32.2. The van der Waals surface area contributed by atoms with Gasteiger partial charge in [0.1, 0.15) is 0 Å². The second-order valence-electron chi connectivity index (χ2n) is 3.23. The minimum atomic E-state index is -3.26. The summed E-state index contributed by atoms with van der Waals surface area (Å²) >= 11 is 0. The van der Waals surface area contributed by atoms with E-state index in [4.69, 9.17) is 5.73 Å². The van der Waals surface area contributed by atoms with Crippen LogP contribution in [0.5, 0.6) is 0 Å². The monoisotopic (exact) mass is 212 g/mol. The zero-order valence-corrected chi connectivity index (χ0v) is 8.50. The molecule has 0 saturated carbocycles. The van der Waals surface area contributed by atoms with Crippen LogP contribution in [0.2, 0.25) is 0 Å². The minimum absolute atomic E-state index is 0.354. The molecule has 1 aromatic carbocycles. The maximum absolute atomic E-state index is 11.8. The minimum Gasteiger partial charge on any atom is -0.329 e. The molecule has 0 aliphatic carbocycles. The van der Waals surface area contributed by atoms with Crippen LogP contribution in [-0.2, 0) is 16.6 Å². The van der Waals surface area contributed by atoms with Crippen molar-refractivity contribution in [3.63, 3.8) is 0 Å². The number of hydrogen-bond acceptors (Lipinski definition) is 3. The fourth-order valence-electron chi connectivity index (χ4n) is 1.64. The first-order valence-corrected chi connectivity index (χ1v) is 5.88. The van der Waals surface area contributed by atoms with Crippen LogP contribution in [0.3, 0.4) is 0 Å². The first-order valence-electron chi connectivity index (χ1n) is 4.44. The van der Waals surface area contributed by atoms with E-state index in [9.17, 15) is 8.42 Å². The third-order valence-corrected chi connectivity index (χ3v) is 4.26. The van der Waals surface area contributed by atoms with E-state index in [-0.39, 0.29) is 0 Å². The number of nitrogens with two attached hydrogens (primary N) is 1. The SMILES string of the molecule is NCCN1Cc2ccccc2S1(=O)=O. The fourth-order valence-corrected chi connectivity index (χ4v) is 3.29. The molecule has 0 unspecified atom stereocenters. The molecular weight excluding hydrogens is 200 g/mol. The third-order valence-electron chi connectivity index (χ3n) is 2.32. The van der Waals surface area contributed by atoms with Crippen LogP contribution in [0.1, 0.15) is 5.56 Å². The van der Waals surface area contributed by atoms with Crippen molar-refractivity contribution in [3.8, 4) is 0 Å². The third kappa shape index (κ3) is 1.33. The fraction of sp³-hybridized carbons (Fsp3) is 0.333. The van der Waals surface area contributed by atoms with Crippen LogP contribution in [-0.4, -0.2) is 25.8 Å². The Kier molecular flexibility index (Phi) is 2.30. The van der Waals surface area contributed by atoms with Crippen molar-refractivity contribution < 1.29 is 8.42 Å². The smallest absolute Gasteiger partial charge is 0.243 e. The molecule has 2 rings (SSSR count). The molecule has 1 aliphatic rings. The van der Waals surface area contributed by atoms with Gasteiger partial charge >= 0.3 is 0 Å². The summed E-state index contributed by atoms with van der Waals surface area (Å²) in [5, 5.41) is 0. The Bertz CT molecular complexity index is 442.